The number of nitrogens with one attached hydrogen (secondary N) is 4. The lowest BCUT2D eigenvalue weighted by atomic mass is 9.81. The number of carbonyl (C=O) groups excluding carboxylic acids is 2. The van der Waals surface area contributed by atoms with E-state index in [9.17, 15) is 22.8 Å². The van der Waals surface area contributed by atoms with Crippen molar-refractivity contribution in [3.05, 3.63) is 65.9 Å². The first-order chi connectivity index (χ1) is 16.3. The number of carbonyl (C=O) groups is 2. The Balaban J connectivity index is 1.39. The van der Waals surface area contributed by atoms with Crippen LogP contribution in [-0.4, -0.2) is 29.0 Å². The Morgan fingerprint density at radius 3 is 2.53 bits per heavy atom. The second-order valence-electron chi connectivity index (χ2n) is 8.67. The lowest BCUT2D eigenvalue weighted by Crippen LogP contribution is -2.60. The molecule has 3 amide bonds. The highest BCUT2D eigenvalue weighted by Gasteiger charge is 2.41. The Hall–Kier alpha value is -3.49. The van der Waals surface area contributed by atoms with E-state index < -0.39 is 29.2 Å². The van der Waals surface area contributed by atoms with Crippen molar-refractivity contribution in [1.82, 2.24) is 15.6 Å². The number of anilines is 1. The molecule has 34 heavy (non-hydrogen) atoms. The van der Waals surface area contributed by atoms with Crippen LogP contribution in [0.15, 0.2) is 54.7 Å². The molecule has 0 saturated heterocycles. The van der Waals surface area contributed by atoms with E-state index in [0.29, 0.717) is 25.8 Å². The molecule has 0 radical (unpaired) electrons. The number of aromatic nitrogens is 1. The topological polar surface area (TPSA) is 86.0 Å². The van der Waals surface area contributed by atoms with Crippen molar-refractivity contribution < 1.29 is 22.8 Å². The molecule has 1 aliphatic carbocycles. The molecule has 2 aromatic carbocycles. The number of urea groups is 1. The number of H-pyrrole nitrogens is 1. The van der Waals surface area contributed by atoms with Crippen molar-refractivity contribution in [1.29, 1.82) is 0 Å². The highest BCUT2D eigenvalue weighted by Crippen LogP contribution is 2.32. The van der Waals surface area contributed by atoms with E-state index in [1.807, 2.05) is 30.5 Å². The molecule has 0 aliphatic heterocycles. The average Bonchev–Trinajstić information content (AvgIpc) is 3.22. The summed E-state index contributed by atoms with van der Waals surface area (Å²) in [6, 6.07) is 11.9. The minimum absolute atomic E-state index is 0.0475. The van der Waals surface area contributed by atoms with E-state index in [4.69, 9.17) is 0 Å². The lowest BCUT2D eigenvalue weighted by molar-refractivity contribution is -0.137. The summed E-state index contributed by atoms with van der Waals surface area (Å²) in [5.74, 6) is -0.502. The zero-order valence-corrected chi connectivity index (χ0v) is 18.6. The van der Waals surface area contributed by atoms with Crippen LogP contribution < -0.4 is 16.0 Å². The van der Waals surface area contributed by atoms with Gasteiger partial charge in [-0.2, -0.15) is 13.2 Å². The van der Waals surface area contributed by atoms with Gasteiger partial charge in [-0.25, -0.2) is 4.79 Å². The quantitative estimate of drug-likeness (QED) is 0.389. The summed E-state index contributed by atoms with van der Waals surface area (Å²) < 4.78 is 39.1. The third-order valence-corrected chi connectivity index (χ3v) is 6.30. The molecule has 4 rings (SSSR count). The maximum atomic E-state index is 13.2. The Kier molecular flexibility index (Phi) is 6.81. The van der Waals surface area contributed by atoms with Crippen molar-refractivity contribution in [2.75, 3.05) is 11.9 Å². The van der Waals surface area contributed by atoms with Gasteiger partial charge in [-0.3, -0.25) is 4.79 Å². The van der Waals surface area contributed by atoms with E-state index in [1.165, 1.54) is 12.1 Å². The van der Waals surface area contributed by atoms with Gasteiger partial charge in [-0.15, -0.1) is 0 Å². The first-order valence-corrected chi connectivity index (χ1v) is 11.4. The number of halogens is 3. The largest absolute Gasteiger partial charge is 0.416 e. The van der Waals surface area contributed by atoms with Crippen LogP contribution in [0.1, 0.15) is 43.2 Å². The Morgan fingerprint density at radius 1 is 1.00 bits per heavy atom. The summed E-state index contributed by atoms with van der Waals surface area (Å²) in [6.07, 6.45) is 1.28. The SMILES string of the molecule is O=C(NCCc1c[nH]c2ccccc12)NC1(C(=O)Nc2cccc(C(F)(F)F)c2)CCCCC1. The first-order valence-electron chi connectivity index (χ1n) is 11.4. The van der Waals surface area contributed by atoms with Crippen LogP contribution in [0.2, 0.25) is 0 Å². The fraction of sp³-hybridized carbons (Fsp3) is 0.360. The van der Waals surface area contributed by atoms with Gasteiger partial charge in [0.05, 0.1) is 5.56 Å². The molecule has 3 aromatic rings. The van der Waals surface area contributed by atoms with Crippen molar-refractivity contribution in [3.63, 3.8) is 0 Å². The minimum Gasteiger partial charge on any atom is -0.361 e. The average molecular weight is 473 g/mol. The zero-order chi connectivity index (χ0) is 24.2. The normalized spacial score (nSPS) is 15.6. The number of alkyl halides is 3. The lowest BCUT2D eigenvalue weighted by Gasteiger charge is -2.36. The molecule has 0 spiro atoms. The molecule has 1 saturated carbocycles. The third kappa shape index (κ3) is 5.35. The third-order valence-electron chi connectivity index (χ3n) is 6.30. The molecule has 6 nitrogen and oxygen atoms in total. The highest BCUT2D eigenvalue weighted by molar-refractivity contribution is 6.00. The maximum Gasteiger partial charge on any atom is 0.416 e. The molecule has 1 fully saturated rings. The van der Waals surface area contributed by atoms with Crippen molar-refractivity contribution >= 4 is 28.5 Å². The number of para-hydroxylation sites is 1. The van der Waals surface area contributed by atoms with Crippen LogP contribution in [0.3, 0.4) is 0 Å². The van der Waals surface area contributed by atoms with Crippen LogP contribution in [0, 0.1) is 0 Å². The van der Waals surface area contributed by atoms with Gasteiger partial charge in [-0.1, -0.05) is 43.5 Å². The molecule has 0 unspecified atom stereocenters. The number of aromatic amines is 1. The number of fused-ring (bicyclic) bond motifs is 1. The molecule has 4 N–H and O–H groups in total. The fourth-order valence-corrected chi connectivity index (χ4v) is 4.50. The van der Waals surface area contributed by atoms with Crippen molar-refractivity contribution in [3.8, 4) is 0 Å². The minimum atomic E-state index is -4.51. The summed E-state index contributed by atoms with van der Waals surface area (Å²) in [6.45, 7) is 0.374. The van der Waals surface area contributed by atoms with E-state index in [-0.39, 0.29) is 5.69 Å². The summed E-state index contributed by atoms with van der Waals surface area (Å²) in [7, 11) is 0. The van der Waals surface area contributed by atoms with Gasteiger partial charge in [-0.05, 0) is 49.1 Å². The predicted molar refractivity (Wildman–Crippen MR) is 124 cm³/mol. The van der Waals surface area contributed by atoms with Gasteiger partial charge < -0.3 is 20.9 Å². The number of hydrogen-bond donors (Lipinski definition) is 4. The molecule has 0 atom stereocenters. The summed E-state index contributed by atoms with van der Waals surface area (Å²) in [5.41, 5.74) is 0.134. The molecule has 9 heteroatoms. The molecular formula is C25H27F3N4O2. The molecule has 1 heterocycles. The molecule has 0 bridgehead atoms. The molecule has 1 aromatic heterocycles. The summed E-state index contributed by atoms with van der Waals surface area (Å²) in [5, 5.41) is 9.31. The predicted octanol–water partition coefficient (Wildman–Crippen LogP) is 5.37. The van der Waals surface area contributed by atoms with Gasteiger partial charge in [0.15, 0.2) is 0 Å². The Bertz CT molecular complexity index is 1170. The Morgan fingerprint density at radius 2 is 1.76 bits per heavy atom. The van der Waals surface area contributed by atoms with Gasteiger partial charge in [0.2, 0.25) is 5.91 Å². The molecule has 1 aliphatic rings. The maximum absolute atomic E-state index is 13.2. The number of rotatable bonds is 6. The van der Waals surface area contributed by atoms with Crippen molar-refractivity contribution in [2.24, 2.45) is 0 Å². The number of amides is 3. The smallest absolute Gasteiger partial charge is 0.361 e. The number of benzene rings is 2. The standard InChI is InChI=1S/C25H27F3N4O2/c26-25(27,28)18-7-6-8-19(15-18)31-22(33)24(12-4-1-5-13-24)32-23(34)29-14-11-17-16-30-21-10-3-2-9-20(17)21/h2-3,6-10,15-16,30H,1,4-5,11-14H2,(H,31,33)(H2,29,32,34). The first kappa shape index (κ1) is 23.7. The monoisotopic (exact) mass is 472 g/mol. The Labute approximate surface area is 195 Å². The fourth-order valence-electron chi connectivity index (χ4n) is 4.50. The van der Waals surface area contributed by atoms with E-state index >= 15 is 0 Å². The van der Waals surface area contributed by atoms with Crippen LogP contribution in [-0.2, 0) is 17.4 Å². The zero-order valence-electron chi connectivity index (χ0n) is 18.6. The van der Waals surface area contributed by atoms with Crippen LogP contribution >= 0.6 is 0 Å². The van der Waals surface area contributed by atoms with Gasteiger partial charge in [0.1, 0.15) is 5.54 Å². The van der Waals surface area contributed by atoms with E-state index in [1.54, 1.807) is 0 Å². The second kappa shape index (κ2) is 9.79. The number of hydrogen-bond acceptors (Lipinski definition) is 2. The van der Waals surface area contributed by atoms with Crippen LogP contribution in [0.4, 0.5) is 23.7 Å². The van der Waals surface area contributed by atoms with Crippen LogP contribution in [0.25, 0.3) is 10.9 Å². The van der Waals surface area contributed by atoms with E-state index in [2.05, 4.69) is 20.9 Å². The summed E-state index contributed by atoms with van der Waals surface area (Å²) in [4.78, 5) is 29.0. The van der Waals surface area contributed by atoms with E-state index in [0.717, 1.165) is 47.9 Å². The van der Waals surface area contributed by atoms with Crippen LogP contribution in [0.5, 0.6) is 0 Å². The molecule has 180 valence electrons. The van der Waals surface area contributed by atoms with Gasteiger partial charge in [0.25, 0.3) is 0 Å². The van der Waals surface area contributed by atoms with Crippen molar-refractivity contribution in [2.45, 2.75) is 50.2 Å². The molecular weight excluding hydrogens is 445 g/mol. The second-order valence-corrected chi connectivity index (χ2v) is 8.67. The van der Waals surface area contributed by atoms with Gasteiger partial charge in [0, 0.05) is 29.3 Å². The van der Waals surface area contributed by atoms with Gasteiger partial charge >= 0.3 is 12.2 Å². The summed E-state index contributed by atoms with van der Waals surface area (Å²) >= 11 is 0. The highest BCUT2D eigenvalue weighted by atomic mass is 19.4.